The largest absolute Gasteiger partial charge is 0.456 e. The van der Waals surface area contributed by atoms with Gasteiger partial charge in [0.25, 0.3) is 0 Å². The molecule has 0 saturated carbocycles. The molecule has 2 heterocycles. The van der Waals surface area contributed by atoms with Crippen LogP contribution in [-0.2, 0) is 5.41 Å². The summed E-state index contributed by atoms with van der Waals surface area (Å²) < 4.78 is 6.25. The smallest absolute Gasteiger partial charge is 0.160 e. The van der Waals surface area contributed by atoms with Gasteiger partial charge in [0.2, 0.25) is 0 Å². The highest BCUT2D eigenvalue weighted by atomic mass is 16.3. The van der Waals surface area contributed by atoms with Gasteiger partial charge in [0.15, 0.2) is 5.82 Å². The summed E-state index contributed by atoms with van der Waals surface area (Å²) in [4.78, 5) is 10.8. The number of nitrogens with zero attached hydrogens (tertiary/aromatic N) is 2. The fourth-order valence-electron chi connectivity index (χ4n) is 9.87. The highest BCUT2D eigenvalue weighted by molar-refractivity contribution is 6.07. The van der Waals surface area contributed by atoms with E-state index in [0.717, 1.165) is 72.3 Å². The number of hydrogen-bond acceptors (Lipinski definition) is 3. The zero-order valence-electron chi connectivity index (χ0n) is 33.7. The van der Waals surface area contributed by atoms with Gasteiger partial charge in [0, 0.05) is 27.5 Å². The van der Waals surface area contributed by atoms with Crippen LogP contribution >= 0.6 is 0 Å². The number of benzene rings is 9. The fraction of sp³-hybridized carbons (Fsp3) is 0.0169. The van der Waals surface area contributed by atoms with Gasteiger partial charge in [-0.3, -0.25) is 0 Å². The van der Waals surface area contributed by atoms with Crippen LogP contribution < -0.4 is 0 Å². The summed E-state index contributed by atoms with van der Waals surface area (Å²) in [6.07, 6.45) is 0. The molecule has 0 unspecified atom stereocenters. The van der Waals surface area contributed by atoms with E-state index in [1.54, 1.807) is 0 Å². The third-order valence-electron chi connectivity index (χ3n) is 12.6. The summed E-state index contributed by atoms with van der Waals surface area (Å²) in [5, 5.41) is 2.20. The van der Waals surface area contributed by atoms with Crippen molar-refractivity contribution in [1.29, 1.82) is 0 Å². The van der Waals surface area contributed by atoms with Crippen LogP contribution in [0.25, 0.3) is 89.2 Å². The molecule has 3 nitrogen and oxygen atoms in total. The summed E-state index contributed by atoms with van der Waals surface area (Å²) in [5.74, 6) is 0.676. The van der Waals surface area contributed by atoms with E-state index in [0.29, 0.717) is 5.82 Å². The van der Waals surface area contributed by atoms with Crippen molar-refractivity contribution < 1.29 is 4.42 Å². The topological polar surface area (TPSA) is 38.9 Å². The second-order valence-electron chi connectivity index (χ2n) is 16.0. The first-order valence-electron chi connectivity index (χ1n) is 21.1. The van der Waals surface area contributed by atoms with Crippen molar-refractivity contribution in [2.75, 3.05) is 0 Å². The molecule has 9 aromatic carbocycles. The van der Waals surface area contributed by atoms with E-state index in [4.69, 9.17) is 14.4 Å². The van der Waals surface area contributed by atoms with Crippen LogP contribution in [0.4, 0.5) is 0 Å². The zero-order valence-corrected chi connectivity index (χ0v) is 33.7. The number of aromatic nitrogens is 2. The molecular weight excluding hydrogens is 753 g/mol. The number of fused-ring (bicyclic) bond motifs is 6. The Balaban J connectivity index is 1.10. The Bertz CT molecular complexity index is 3410. The quantitative estimate of drug-likeness (QED) is 0.161. The van der Waals surface area contributed by atoms with Crippen LogP contribution in [0.1, 0.15) is 22.3 Å². The van der Waals surface area contributed by atoms with E-state index >= 15 is 0 Å². The normalized spacial score (nSPS) is 12.6. The summed E-state index contributed by atoms with van der Waals surface area (Å²) in [6, 6.07) is 82.3. The maximum absolute atomic E-state index is 6.25. The fourth-order valence-corrected chi connectivity index (χ4v) is 9.87. The molecule has 0 bridgehead atoms. The summed E-state index contributed by atoms with van der Waals surface area (Å²) in [5.41, 5.74) is 17.9. The second-order valence-corrected chi connectivity index (χ2v) is 16.0. The molecule has 62 heavy (non-hydrogen) atoms. The van der Waals surface area contributed by atoms with Gasteiger partial charge in [-0.05, 0) is 86.0 Å². The first-order chi connectivity index (χ1) is 30.7. The van der Waals surface area contributed by atoms with Crippen molar-refractivity contribution in [3.63, 3.8) is 0 Å². The molecule has 0 aliphatic heterocycles. The molecule has 0 N–H and O–H groups in total. The van der Waals surface area contributed by atoms with Gasteiger partial charge in [-0.2, -0.15) is 0 Å². The predicted molar refractivity (Wildman–Crippen MR) is 254 cm³/mol. The van der Waals surface area contributed by atoms with Crippen LogP contribution in [0.15, 0.2) is 235 Å². The minimum Gasteiger partial charge on any atom is -0.456 e. The second kappa shape index (κ2) is 14.5. The molecule has 0 radical (unpaired) electrons. The predicted octanol–water partition coefficient (Wildman–Crippen LogP) is 15.1. The van der Waals surface area contributed by atoms with Crippen molar-refractivity contribution in [2.24, 2.45) is 0 Å². The van der Waals surface area contributed by atoms with Crippen LogP contribution in [-0.4, -0.2) is 9.97 Å². The highest BCUT2D eigenvalue weighted by Gasteiger charge is 2.46. The van der Waals surface area contributed by atoms with E-state index in [-0.39, 0.29) is 0 Å². The van der Waals surface area contributed by atoms with Crippen molar-refractivity contribution in [3.8, 4) is 67.3 Å². The molecule has 0 amide bonds. The minimum absolute atomic E-state index is 0.529. The van der Waals surface area contributed by atoms with Crippen LogP contribution in [0.5, 0.6) is 0 Å². The van der Waals surface area contributed by atoms with E-state index < -0.39 is 5.41 Å². The minimum atomic E-state index is -0.529. The van der Waals surface area contributed by atoms with E-state index in [1.165, 1.54) is 33.4 Å². The monoisotopic (exact) mass is 790 g/mol. The summed E-state index contributed by atoms with van der Waals surface area (Å²) in [7, 11) is 0. The molecule has 11 aromatic rings. The first kappa shape index (κ1) is 35.8. The van der Waals surface area contributed by atoms with E-state index in [2.05, 4.69) is 212 Å². The molecule has 0 spiro atoms. The number of rotatable bonds is 7. The third kappa shape index (κ3) is 5.67. The van der Waals surface area contributed by atoms with Crippen LogP contribution in [0, 0.1) is 0 Å². The zero-order chi connectivity index (χ0) is 41.0. The lowest BCUT2D eigenvalue weighted by molar-refractivity contribution is 0.669. The van der Waals surface area contributed by atoms with Gasteiger partial charge < -0.3 is 4.42 Å². The van der Waals surface area contributed by atoms with E-state index in [1.807, 2.05) is 18.2 Å². The lowest BCUT2D eigenvalue weighted by Crippen LogP contribution is -2.28. The molecule has 1 aliphatic rings. The van der Waals surface area contributed by atoms with Gasteiger partial charge >= 0.3 is 0 Å². The van der Waals surface area contributed by atoms with Gasteiger partial charge in [0.05, 0.1) is 16.8 Å². The highest BCUT2D eigenvalue weighted by Crippen LogP contribution is 2.56. The first-order valence-corrected chi connectivity index (χ1v) is 21.1. The molecule has 3 heteroatoms. The Labute approximate surface area is 360 Å². The number of para-hydroxylation sites is 1. The molecular formula is C59H38N2O. The Kier molecular flexibility index (Phi) is 8.39. The maximum atomic E-state index is 6.25. The van der Waals surface area contributed by atoms with Crippen molar-refractivity contribution in [2.45, 2.75) is 5.41 Å². The molecule has 2 aromatic heterocycles. The van der Waals surface area contributed by atoms with Gasteiger partial charge in [-0.25, -0.2) is 9.97 Å². The Morgan fingerprint density at radius 3 is 1.65 bits per heavy atom. The molecule has 290 valence electrons. The van der Waals surface area contributed by atoms with Gasteiger partial charge in [-0.1, -0.05) is 200 Å². The average molecular weight is 791 g/mol. The van der Waals surface area contributed by atoms with Crippen LogP contribution in [0.2, 0.25) is 0 Å². The Morgan fingerprint density at radius 2 is 0.887 bits per heavy atom. The van der Waals surface area contributed by atoms with E-state index in [9.17, 15) is 0 Å². The Hall–Kier alpha value is -8.14. The lowest BCUT2D eigenvalue weighted by atomic mass is 9.67. The van der Waals surface area contributed by atoms with Crippen molar-refractivity contribution >= 4 is 21.9 Å². The molecule has 0 atom stereocenters. The maximum Gasteiger partial charge on any atom is 0.160 e. The lowest BCUT2D eigenvalue weighted by Gasteiger charge is -2.34. The van der Waals surface area contributed by atoms with Crippen molar-refractivity contribution in [1.82, 2.24) is 9.97 Å². The Morgan fingerprint density at radius 1 is 0.323 bits per heavy atom. The average Bonchev–Trinajstić information content (AvgIpc) is 3.88. The summed E-state index contributed by atoms with van der Waals surface area (Å²) in [6.45, 7) is 0. The molecule has 0 saturated heterocycles. The molecule has 0 fully saturated rings. The SMILES string of the molecule is c1ccc(-c2nc(-c3ccc4c(c3)C(c3ccccc3)(c3ccccc3)c3ccccc3-4)cc(-c3cccc(-c4ccc5oc6ccccc6c5c4)c3-c3ccccc3)n2)cc1. The van der Waals surface area contributed by atoms with Gasteiger partial charge in [0.1, 0.15) is 11.2 Å². The number of furan rings is 1. The van der Waals surface area contributed by atoms with Gasteiger partial charge in [-0.15, -0.1) is 0 Å². The summed E-state index contributed by atoms with van der Waals surface area (Å²) >= 11 is 0. The molecule has 1 aliphatic carbocycles. The standard InChI is InChI=1S/C59H38N2O/c1-5-18-39(19-6-1)57-45(41-33-35-56-50(36-41)48-27-14-16-31-55(48)62-56)28-17-29-49(57)54-38-53(60-58(61-54)40-20-7-2-8-21-40)42-32-34-47-46-26-13-15-30-51(46)59(52(47)37-42,43-22-9-3-10-23-43)44-24-11-4-12-25-44/h1-38H. The molecule has 12 rings (SSSR count). The third-order valence-corrected chi connectivity index (χ3v) is 12.6. The number of hydrogen-bond donors (Lipinski definition) is 0. The van der Waals surface area contributed by atoms with Crippen molar-refractivity contribution in [3.05, 3.63) is 253 Å². The van der Waals surface area contributed by atoms with Crippen LogP contribution in [0.3, 0.4) is 0 Å².